The summed E-state index contributed by atoms with van der Waals surface area (Å²) in [5.41, 5.74) is 6.06. The summed E-state index contributed by atoms with van der Waals surface area (Å²) in [6, 6.07) is 5.12. The van der Waals surface area contributed by atoms with Crippen LogP contribution in [0.25, 0.3) is 0 Å². The molecule has 3 N–H and O–H groups in total. The molecule has 5 heteroatoms. The number of hydrogen-bond donors (Lipinski definition) is 2. The van der Waals surface area contributed by atoms with Crippen molar-refractivity contribution >= 4 is 5.84 Å². The minimum Gasteiger partial charge on any atom is -0.493 e. The number of benzene rings is 1. The topological polar surface area (TPSA) is 77.1 Å². The van der Waals surface area contributed by atoms with Crippen molar-refractivity contribution in [1.29, 1.82) is 0 Å². The Bertz CT molecular complexity index is 377. The van der Waals surface area contributed by atoms with Gasteiger partial charge in [0.2, 0.25) is 0 Å². The molecule has 1 aromatic rings. The summed E-state index contributed by atoms with van der Waals surface area (Å²) in [5.74, 6) is 1.26. The molecule has 16 heavy (non-hydrogen) atoms. The molecule has 0 radical (unpaired) electrons. The van der Waals surface area contributed by atoms with Crippen molar-refractivity contribution in [3.63, 3.8) is 0 Å². The smallest absolute Gasteiger partial charge is 0.170 e. The maximum Gasteiger partial charge on any atom is 0.170 e. The molecule has 0 saturated heterocycles. The molecule has 0 saturated carbocycles. The zero-order chi connectivity index (χ0) is 12.0. The molecule has 1 aromatic carbocycles. The fraction of sp³-hybridized carbons (Fsp3) is 0.364. The van der Waals surface area contributed by atoms with Gasteiger partial charge in [-0.25, -0.2) is 0 Å². The van der Waals surface area contributed by atoms with Gasteiger partial charge in [-0.05, 0) is 24.6 Å². The highest BCUT2D eigenvalue weighted by Gasteiger charge is 2.07. The summed E-state index contributed by atoms with van der Waals surface area (Å²) in [6.07, 6.45) is 0.922. The first-order chi connectivity index (χ1) is 7.72. The summed E-state index contributed by atoms with van der Waals surface area (Å²) in [5, 5.41) is 11.5. The molecule has 0 aliphatic carbocycles. The molecular weight excluding hydrogens is 208 g/mol. The van der Waals surface area contributed by atoms with Crippen LogP contribution in [0.1, 0.15) is 18.9 Å². The first kappa shape index (κ1) is 12.2. The maximum atomic E-state index is 8.55. The summed E-state index contributed by atoms with van der Waals surface area (Å²) < 4.78 is 10.6. The number of methoxy groups -OCH3 is 1. The van der Waals surface area contributed by atoms with E-state index in [0.29, 0.717) is 23.7 Å². The van der Waals surface area contributed by atoms with Crippen LogP contribution in [-0.2, 0) is 0 Å². The lowest BCUT2D eigenvalue weighted by atomic mass is 10.2. The van der Waals surface area contributed by atoms with Crippen molar-refractivity contribution in [3.8, 4) is 11.5 Å². The zero-order valence-electron chi connectivity index (χ0n) is 9.43. The van der Waals surface area contributed by atoms with E-state index in [9.17, 15) is 0 Å². The van der Waals surface area contributed by atoms with Crippen molar-refractivity contribution in [1.82, 2.24) is 0 Å². The van der Waals surface area contributed by atoms with E-state index in [0.717, 1.165) is 6.42 Å². The summed E-state index contributed by atoms with van der Waals surface area (Å²) in [4.78, 5) is 0. The van der Waals surface area contributed by atoms with Crippen LogP contribution in [0, 0.1) is 0 Å². The SMILES string of the molecule is CCCOc1ccc(C(N)=NO)cc1OC. The highest BCUT2D eigenvalue weighted by atomic mass is 16.5. The Labute approximate surface area is 94.5 Å². The van der Waals surface area contributed by atoms with Crippen LogP contribution in [0.4, 0.5) is 0 Å². The lowest BCUT2D eigenvalue weighted by Crippen LogP contribution is -2.13. The molecule has 88 valence electrons. The Morgan fingerprint density at radius 1 is 1.44 bits per heavy atom. The highest BCUT2D eigenvalue weighted by molar-refractivity contribution is 5.97. The van der Waals surface area contributed by atoms with Gasteiger partial charge in [-0.2, -0.15) is 0 Å². The zero-order valence-corrected chi connectivity index (χ0v) is 9.43. The molecule has 0 spiro atoms. The second-order valence-corrected chi connectivity index (χ2v) is 3.20. The fourth-order valence-corrected chi connectivity index (χ4v) is 1.22. The predicted octanol–water partition coefficient (Wildman–Crippen LogP) is 1.58. The lowest BCUT2D eigenvalue weighted by Gasteiger charge is -2.10. The standard InChI is InChI=1S/C11H16N2O3/c1-3-6-16-9-5-4-8(11(12)13-14)7-10(9)15-2/h4-5,7,14H,3,6H2,1-2H3,(H2,12,13). The summed E-state index contributed by atoms with van der Waals surface area (Å²) >= 11 is 0. The first-order valence-electron chi connectivity index (χ1n) is 5.01. The fourth-order valence-electron chi connectivity index (χ4n) is 1.22. The van der Waals surface area contributed by atoms with Gasteiger partial charge in [-0.3, -0.25) is 0 Å². The Hall–Kier alpha value is -1.91. The molecule has 0 fully saturated rings. The van der Waals surface area contributed by atoms with E-state index in [1.165, 1.54) is 0 Å². The van der Waals surface area contributed by atoms with E-state index in [2.05, 4.69) is 5.16 Å². The van der Waals surface area contributed by atoms with E-state index in [-0.39, 0.29) is 5.84 Å². The number of nitrogens with two attached hydrogens (primary N) is 1. The van der Waals surface area contributed by atoms with Crippen LogP contribution in [-0.4, -0.2) is 24.8 Å². The average Bonchev–Trinajstić information content (AvgIpc) is 2.35. The van der Waals surface area contributed by atoms with Gasteiger partial charge in [0.15, 0.2) is 17.3 Å². The van der Waals surface area contributed by atoms with E-state index >= 15 is 0 Å². The normalized spacial score (nSPS) is 11.2. The van der Waals surface area contributed by atoms with Crippen molar-refractivity contribution in [3.05, 3.63) is 23.8 Å². The first-order valence-corrected chi connectivity index (χ1v) is 5.01. The summed E-state index contributed by atoms with van der Waals surface area (Å²) in [7, 11) is 1.55. The van der Waals surface area contributed by atoms with Crippen molar-refractivity contribution < 1.29 is 14.7 Å². The molecule has 0 unspecified atom stereocenters. The van der Waals surface area contributed by atoms with Crippen molar-refractivity contribution in [2.45, 2.75) is 13.3 Å². The minimum absolute atomic E-state index is 0.0420. The molecule has 0 aliphatic heterocycles. The number of hydrogen-bond acceptors (Lipinski definition) is 4. The summed E-state index contributed by atoms with van der Waals surface area (Å²) in [6.45, 7) is 2.65. The van der Waals surface area contributed by atoms with Gasteiger partial charge in [-0.1, -0.05) is 12.1 Å². The van der Waals surface area contributed by atoms with Gasteiger partial charge in [0, 0.05) is 5.56 Å². The van der Waals surface area contributed by atoms with Crippen LogP contribution in [0.2, 0.25) is 0 Å². The van der Waals surface area contributed by atoms with Crippen molar-refractivity contribution in [2.24, 2.45) is 10.9 Å². The Kier molecular flexibility index (Phi) is 4.44. The largest absolute Gasteiger partial charge is 0.493 e. The Morgan fingerprint density at radius 3 is 2.75 bits per heavy atom. The third-order valence-electron chi connectivity index (χ3n) is 2.03. The minimum atomic E-state index is 0.0420. The highest BCUT2D eigenvalue weighted by Crippen LogP contribution is 2.28. The third kappa shape index (κ3) is 2.79. The molecule has 0 amide bonds. The van der Waals surface area contributed by atoms with Crippen LogP contribution in [0.3, 0.4) is 0 Å². The molecule has 0 atom stereocenters. The Balaban J connectivity index is 2.97. The second-order valence-electron chi connectivity index (χ2n) is 3.20. The third-order valence-corrected chi connectivity index (χ3v) is 2.03. The molecule has 0 bridgehead atoms. The van der Waals surface area contributed by atoms with Crippen molar-refractivity contribution in [2.75, 3.05) is 13.7 Å². The van der Waals surface area contributed by atoms with Crippen LogP contribution < -0.4 is 15.2 Å². The molecular formula is C11H16N2O3. The Morgan fingerprint density at radius 2 is 2.19 bits per heavy atom. The van der Waals surface area contributed by atoms with Gasteiger partial charge in [0.25, 0.3) is 0 Å². The van der Waals surface area contributed by atoms with E-state index in [1.807, 2.05) is 6.92 Å². The van der Waals surface area contributed by atoms with Gasteiger partial charge >= 0.3 is 0 Å². The van der Waals surface area contributed by atoms with Gasteiger partial charge in [0.05, 0.1) is 13.7 Å². The number of oxime groups is 1. The number of nitrogens with zero attached hydrogens (tertiary/aromatic N) is 1. The average molecular weight is 224 g/mol. The molecule has 0 aromatic heterocycles. The van der Waals surface area contributed by atoms with E-state index in [4.69, 9.17) is 20.4 Å². The number of rotatable bonds is 5. The quantitative estimate of drug-likeness (QED) is 0.344. The molecule has 1 rings (SSSR count). The van der Waals surface area contributed by atoms with Crippen LogP contribution in [0.5, 0.6) is 11.5 Å². The van der Waals surface area contributed by atoms with Gasteiger partial charge in [0.1, 0.15) is 0 Å². The van der Waals surface area contributed by atoms with Gasteiger partial charge in [-0.15, -0.1) is 0 Å². The molecule has 5 nitrogen and oxygen atoms in total. The van der Waals surface area contributed by atoms with E-state index in [1.54, 1.807) is 25.3 Å². The molecule has 0 aliphatic rings. The maximum absolute atomic E-state index is 8.55. The van der Waals surface area contributed by atoms with Gasteiger partial charge < -0.3 is 20.4 Å². The monoisotopic (exact) mass is 224 g/mol. The van der Waals surface area contributed by atoms with Crippen LogP contribution >= 0.6 is 0 Å². The number of ether oxygens (including phenoxy) is 2. The number of amidine groups is 1. The van der Waals surface area contributed by atoms with Crippen LogP contribution in [0.15, 0.2) is 23.4 Å². The van der Waals surface area contributed by atoms with E-state index < -0.39 is 0 Å². The predicted molar refractivity (Wildman–Crippen MR) is 61.3 cm³/mol. The lowest BCUT2D eigenvalue weighted by molar-refractivity contribution is 0.294. The molecule has 0 heterocycles. The second kappa shape index (κ2) is 5.85.